The number of para-hydroxylation sites is 2. The summed E-state index contributed by atoms with van der Waals surface area (Å²) in [6, 6.07) is 5.34. The molecule has 1 amide bonds. The number of carbonyl (C=O) groups is 2. The lowest BCUT2D eigenvalue weighted by Gasteiger charge is -2.13. The van der Waals surface area contributed by atoms with Gasteiger partial charge < -0.3 is 20.8 Å². The van der Waals surface area contributed by atoms with E-state index in [0.29, 0.717) is 6.54 Å². The van der Waals surface area contributed by atoms with E-state index in [2.05, 4.69) is 10.6 Å². The molecule has 6 nitrogen and oxygen atoms in total. The lowest BCUT2D eigenvalue weighted by molar-refractivity contribution is -0.141. The van der Waals surface area contributed by atoms with Gasteiger partial charge in [0, 0.05) is 0 Å². The van der Waals surface area contributed by atoms with Gasteiger partial charge in [-0.05, 0) is 18.7 Å². The molecular weight excluding hydrogens is 236 g/mol. The molecule has 1 aromatic rings. The normalized spacial score (nSPS) is 11.8. The maximum Gasteiger partial charge on any atom is 0.321 e. The summed E-state index contributed by atoms with van der Waals surface area (Å²) in [4.78, 5) is 22.5. The molecule has 0 saturated carbocycles. The van der Waals surface area contributed by atoms with Crippen molar-refractivity contribution < 1.29 is 19.8 Å². The standard InChI is InChI=1S/C12H16N2O4/c1-2-13-9(12(17)18)7-11(16)14-8-5-3-4-6-10(8)15/h3-6,9,13,15H,2,7H2,1H3,(H,14,16)(H,17,18). The van der Waals surface area contributed by atoms with Crippen LogP contribution in [0, 0.1) is 0 Å². The Kier molecular flexibility index (Phi) is 5.13. The van der Waals surface area contributed by atoms with E-state index in [1.807, 2.05) is 0 Å². The molecule has 1 atom stereocenters. The zero-order valence-corrected chi connectivity index (χ0v) is 10.0. The van der Waals surface area contributed by atoms with Crippen molar-refractivity contribution in [3.8, 4) is 5.75 Å². The summed E-state index contributed by atoms with van der Waals surface area (Å²) < 4.78 is 0. The fourth-order valence-electron chi connectivity index (χ4n) is 1.46. The number of carboxylic acid groups (broad SMARTS) is 1. The highest BCUT2D eigenvalue weighted by molar-refractivity contribution is 5.95. The first-order valence-electron chi connectivity index (χ1n) is 5.58. The van der Waals surface area contributed by atoms with Gasteiger partial charge in [-0.25, -0.2) is 0 Å². The molecule has 0 aliphatic rings. The number of amides is 1. The molecule has 98 valence electrons. The maximum atomic E-state index is 11.6. The highest BCUT2D eigenvalue weighted by Gasteiger charge is 2.20. The van der Waals surface area contributed by atoms with Crippen LogP contribution in [0.1, 0.15) is 13.3 Å². The number of hydrogen-bond acceptors (Lipinski definition) is 4. The molecule has 18 heavy (non-hydrogen) atoms. The lowest BCUT2D eigenvalue weighted by atomic mass is 10.2. The van der Waals surface area contributed by atoms with Crippen LogP contribution < -0.4 is 10.6 Å². The van der Waals surface area contributed by atoms with Crippen LogP contribution in [0.2, 0.25) is 0 Å². The second-order valence-electron chi connectivity index (χ2n) is 3.72. The van der Waals surface area contributed by atoms with E-state index in [0.717, 1.165) is 0 Å². The first-order valence-corrected chi connectivity index (χ1v) is 5.58. The van der Waals surface area contributed by atoms with Gasteiger partial charge in [0.2, 0.25) is 5.91 Å². The highest BCUT2D eigenvalue weighted by Crippen LogP contribution is 2.21. The monoisotopic (exact) mass is 252 g/mol. The van der Waals surface area contributed by atoms with Crippen LogP contribution in [0.15, 0.2) is 24.3 Å². The van der Waals surface area contributed by atoms with Gasteiger partial charge in [0.15, 0.2) is 0 Å². The highest BCUT2D eigenvalue weighted by atomic mass is 16.4. The van der Waals surface area contributed by atoms with Crippen molar-refractivity contribution in [3.05, 3.63) is 24.3 Å². The van der Waals surface area contributed by atoms with E-state index >= 15 is 0 Å². The van der Waals surface area contributed by atoms with Gasteiger partial charge in [0.05, 0.1) is 12.1 Å². The fourth-order valence-corrected chi connectivity index (χ4v) is 1.46. The Labute approximate surface area is 105 Å². The molecule has 0 aromatic heterocycles. The van der Waals surface area contributed by atoms with Crippen LogP contribution in [-0.4, -0.2) is 34.7 Å². The summed E-state index contributed by atoms with van der Waals surface area (Å²) in [5.74, 6) is -1.60. The van der Waals surface area contributed by atoms with E-state index in [1.54, 1.807) is 19.1 Å². The van der Waals surface area contributed by atoms with E-state index < -0.39 is 17.9 Å². The number of hydrogen-bond donors (Lipinski definition) is 4. The molecule has 0 saturated heterocycles. The second-order valence-corrected chi connectivity index (χ2v) is 3.72. The largest absolute Gasteiger partial charge is 0.506 e. The summed E-state index contributed by atoms with van der Waals surface area (Å²) in [5, 5.41) is 23.5. The first kappa shape index (κ1) is 14.0. The molecule has 1 aromatic carbocycles. The zero-order valence-electron chi connectivity index (χ0n) is 10.0. The van der Waals surface area contributed by atoms with Crippen LogP contribution in [0.3, 0.4) is 0 Å². The number of aliphatic carboxylic acids is 1. The molecule has 0 aliphatic carbocycles. The molecule has 4 N–H and O–H groups in total. The molecule has 0 radical (unpaired) electrons. The molecule has 0 heterocycles. The second kappa shape index (κ2) is 6.61. The average Bonchev–Trinajstić information content (AvgIpc) is 2.31. The van der Waals surface area contributed by atoms with Crippen molar-refractivity contribution in [1.82, 2.24) is 5.32 Å². The Morgan fingerprint density at radius 3 is 2.56 bits per heavy atom. The van der Waals surface area contributed by atoms with Crippen LogP contribution in [-0.2, 0) is 9.59 Å². The Morgan fingerprint density at radius 2 is 2.00 bits per heavy atom. The van der Waals surface area contributed by atoms with Crippen molar-refractivity contribution in [3.63, 3.8) is 0 Å². The SMILES string of the molecule is CCNC(CC(=O)Nc1ccccc1O)C(=O)O. The number of benzene rings is 1. The van der Waals surface area contributed by atoms with Crippen molar-refractivity contribution in [2.45, 2.75) is 19.4 Å². The third-order valence-corrected chi connectivity index (χ3v) is 2.32. The molecule has 1 rings (SSSR count). The third kappa shape index (κ3) is 4.06. The van der Waals surface area contributed by atoms with Crippen LogP contribution >= 0.6 is 0 Å². The van der Waals surface area contributed by atoms with E-state index in [4.69, 9.17) is 5.11 Å². The topological polar surface area (TPSA) is 98.7 Å². The van der Waals surface area contributed by atoms with E-state index in [1.165, 1.54) is 12.1 Å². The number of nitrogens with one attached hydrogen (secondary N) is 2. The summed E-state index contributed by atoms with van der Waals surface area (Å²) in [6.45, 7) is 2.22. The number of phenolic OH excluding ortho intramolecular Hbond substituents is 1. The molecule has 1 unspecified atom stereocenters. The van der Waals surface area contributed by atoms with Crippen molar-refractivity contribution in [1.29, 1.82) is 0 Å². The number of aromatic hydroxyl groups is 1. The average molecular weight is 252 g/mol. The number of likely N-dealkylation sites (N-methyl/N-ethyl adjacent to an activating group) is 1. The van der Waals surface area contributed by atoms with Crippen molar-refractivity contribution in [2.75, 3.05) is 11.9 Å². The van der Waals surface area contributed by atoms with E-state index in [9.17, 15) is 14.7 Å². The zero-order chi connectivity index (χ0) is 13.5. The number of rotatable bonds is 6. The van der Waals surface area contributed by atoms with Gasteiger partial charge >= 0.3 is 5.97 Å². The summed E-state index contributed by atoms with van der Waals surface area (Å²) in [7, 11) is 0. The molecular formula is C12H16N2O4. The number of anilines is 1. The predicted octanol–water partition coefficient (Wildman–Crippen LogP) is 0.783. The van der Waals surface area contributed by atoms with Gasteiger partial charge in [-0.2, -0.15) is 0 Å². The van der Waals surface area contributed by atoms with Crippen LogP contribution in [0.4, 0.5) is 5.69 Å². The lowest BCUT2D eigenvalue weighted by Crippen LogP contribution is -2.39. The predicted molar refractivity (Wildman–Crippen MR) is 66.5 cm³/mol. The molecule has 6 heteroatoms. The maximum absolute atomic E-state index is 11.6. The Balaban J connectivity index is 2.61. The minimum Gasteiger partial charge on any atom is -0.506 e. The number of carboxylic acids is 1. The Morgan fingerprint density at radius 1 is 1.33 bits per heavy atom. The smallest absolute Gasteiger partial charge is 0.321 e. The van der Waals surface area contributed by atoms with E-state index in [-0.39, 0.29) is 17.9 Å². The summed E-state index contributed by atoms with van der Waals surface area (Å²) in [6.07, 6.45) is -0.197. The van der Waals surface area contributed by atoms with Crippen LogP contribution in [0.25, 0.3) is 0 Å². The molecule has 0 bridgehead atoms. The Hall–Kier alpha value is -2.08. The molecule has 0 spiro atoms. The van der Waals surface area contributed by atoms with Gasteiger partial charge in [0.25, 0.3) is 0 Å². The van der Waals surface area contributed by atoms with Gasteiger partial charge in [-0.1, -0.05) is 19.1 Å². The van der Waals surface area contributed by atoms with Gasteiger partial charge in [-0.3, -0.25) is 9.59 Å². The van der Waals surface area contributed by atoms with Crippen molar-refractivity contribution >= 4 is 17.6 Å². The van der Waals surface area contributed by atoms with Gasteiger partial charge in [-0.15, -0.1) is 0 Å². The minimum atomic E-state index is -1.08. The van der Waals surface area contributed by atoms with Crippen molar-refractivity contribution in [2.24, 2.45) is 0 Å². The Bertz CT molecular complexity index is 434. The quantitative estimate of drug-likeness (QED) is 0.561. The fraction of sp³-hybridized carbons (Fsp3) is 0.333. The number of carbonyl (C=O) groups excluding carboxylic acids is 1. The minimum absolute atomic E-state index is 0.0545. The van der Waals surface area contributed by atoms with Gasteiger partial charge in [0.1, 0.15) is 11.8 Å². The molecule has 0 fully saturated rings. The summed E-state index contributed by atoms with van der Waals surface area (Å²) >= 11 is 0. The molecule has 0 aliphatic heterocycles. The first-order chi connectivity index (χ1) is 8.54. The summed E-state index contributed by atoms with van der Waals surface area (Å²) in [5.41, 5.74) is 0.267. The number of phenols is 1. The van der Waals surface area contributed by atoms with Crippen LogP contribution in [0.5, 0.6) is 5.75 Å². The third-order valence-electron chi connectivity index (χ3n) is 2.32.